The Morgan fingerprint density at radius 1 is 1.33 bits per heavy atom. The lowest BCUT2D eigenvalue weighted by Gasteiger charge is -2.30. The monoisotopic (exact) mass is 347 g/mol. The van der Waals surface area contributed by atoms with Gasteiger partial charge in [0, 0.05) is 25.2 Å². The molecule has 1 saturated heterocycles. The number of thioether (sulfide) groups is 1. The number of aromatic nitrogens is 5. The van der Waals surface area contributed by atoms with Crippen LogP contribution in [0.2, 0.25) is 0 Å². The molecule has 1 aliphatic rings. The molecule has 3 rings (SSSR count). The van der Waals surface area contributed by atoms with Gasteiger partial charge in [0.15, 0.2) is 0 Å². The molecular weight excluding hydrogens is 330 g/mol. The van der Waals surface area contributed by atoms with Crippen LogP contribution >= 0.6 is 11.8 Å². The third-order valence-electron chi connectivity index (χ3n) is 3.91. The summed E-state index contributed by atoms with van der Waals surface area (Å²) in [6.07, 6.45) is 4.56. The summed E-state index contributed by atoms with van der Waals surface area (Å²) >= 11 is 1.27. The van der Waals surface area contributed by atoms with Gasteiger partial charge >= 0.3 is 0 Å². The van der Waals surface area contributed by atoms with E-state index in [1.54, 1.807) is 28.0 Å². The molecule has 24 heavy (non-hydrogen) atoms. The Hall–Kier alpha value is -2.49. The number of hydrogen-bond donors (Lipinski definition) is 1. The van der Waals surface area contributed by atoms with E-state index in [0.29, 0.717) is 31.1 Å². The van der Waals surface area contributed by atoms with Crippen LogP contribution in [0.1, 0.15) is 12.8 Å². The zero-order valence-electron chi connectivity index (χ0n) is 12.9. The Morgan fingerprint density at radius 2 is 2.12 bits per heavy atom. The summed E-state index contributed by atoms with van der Waals surface area (Å²) in [5.74, 6) is -0.169. The summed E-state index contributed by atoms with van der Waals surface area (Å²) < 4.78 is 1.55. The number of tetrazole rings is 1. The molecule has 1 aliphatic heterocycles. The van der Waals surface area contributed by atoms with E-state index in [1.165, 1.54) is 11.8 Å². The van der Waals surface area contributed by atoms with Crippen molar-refractivity contribution in [3.63, 3.8) is 0 Å². The van der Waals surface area contributed by atoms with E-state index < -0.39 is 0 Å². The molecule has 2 N–H and O–H groups in total. The number of primary amides is 1. The number of piperidine rings is 1. The standard InChI is InChI=1S/C14H17N7O2S/c15-13(23)10-3-6-20(7-4-10)12(22)9-24-14-17-18-19-21(14)11-2-1-5-16-8-11/h1-2,5,8,10H,3-4,6-7,9H2,(H2,15,23). The summed E-state index contributed by atoms with van der Waals surface area (Å²) in [4.78, 5) is 29.3. The summed E-state index contributed by atoms with van der Waals surface area (Å²) in [7, 11) is 0. The van der Waals surface area contributed by atoms with Crippen molar-refractivity contribution in [3.8, 4) is 5.69 Å². The second-order valence-corrected chi connectivity index (χ2v) is 6.37. The van der Waals surface area contributed by atoms with Crippen LogP contribution in [0.4, 0.5) is 0 Å². The molecule has 0 unspecified atom stereocenters. The summed E-state index contributed by atoms with van der Waals surface area (Å²) in [5.41, 5.74) is 6.04. The molecule has 0 aliphatic carbocycles. The normalized spacial score (nSPS) is 15.4. The number of amides is 2. The molecule has 0 saturated carbocycles. The third kappa shape index (κ3) is 3.70. The van der Waals surface area contributed by atoms with Gasteiger partial charge in [0.25, 0.3) is 0 Å². The van der Waals surface area contributed by atoms with Crippen LogP contribution in [0.5, 0.6) is 0 Å². The van der Waals surface area contributed by atoms with Crippen molar-refractivity contribution < 1.29 is 9.59 Å². The number of rotatable bonds is 5. The van der Waals surface area contributed by atoms with Crippen LogP contribution in [0.15, 0.2) is 29.7 Å². The molecule has 2 aromatic heterocycles. The molecule has 0 atom stereocenters. The second kappa shape index (κ2) is 7.39. The second-order valence-electron chi connectivity index (χ2n) is 5.43. The number of carbonyl (C=O) groups excluding carboxylic acids is 2. The Kier molecular flexibility index (Phi) is 5.04. The Balaban J connectivity index is 1.56. The van der Waals surface area contributed by atoms with Crippen LogP contribution in [-0.2, 0) is 9.59 Å². The molecule has 1 fully saturated rings. The average Bonchev–Trinajstić information content (AvgIpc) is 3.09. The van der Waals surface area contributed by atoms with Crippen LogP contribution in [-0.4, -0.2) is 60.7 Å². The van der Waals surface area contributed by atoms with Gasteiger partial charge in [0.05, 0.1) is 17.6 Å². The van der Waals surface area contributed by atoms with Crippen molar-refractivity contribution in [2.45, 2.75) is 18.0 Å². The van der Waals surface area contributed by atoms with E-state index in [2.05, 4.69) is 20.5 Å². The van der Waals surface area contributed by atoms with Gasteiger partial charge in [-0.05, 0) is 35.4 Å². The first-order chi connectivity index (χ1) is 11.6. The zero-order valence-corrected chi connectivity index (χ0v) is 13.7. The quantitative estimate of drug-likeness (QED) is 0.748. The SMILES string of the molecule is NC(=O)C1CCN(C(=O)CSc2nnnn2-c2cccnc2)CC1. The van der Waals surface area contributed by atoms with E-state index in [-0.39, 0.29) is 23.5 Å². The lowest BCUT2D eigenvalue weighted by Crippen LogP contribution is -2.42. The summed E-state index contributed by atoms with van der Waals surface area (Å²) in [6.45, 7) is 1.11. The van der Waals surface area contributed by atoms with Gasteiger partial charge in [0.2, 0.25) is 17.0 Å². The maximum Gasteiger partial charge on any atom is 0.233 e. The Labute approximate surface area is 142 Å². The van der Waals surface area contributed by atoms with Gasteiger partial charge in [-0.1, -0.05) is 11.8 Å². The molecule has 2 amide bonds. The van der Waals surface area contributed by atoms with Crippen molar-refractivity contribution in [3.05, 3.63) is 24.5 Å². The lowest BCUT2D eigenvalue weighted by atomic mass is 9.96. The molecule has 2 aromatic rings. The molecule has 3 heterocycles. The average molecular weight is 347 g/mol. The van der Waals surface area contributed by atoms with E-state index >= 15 is 0 Å². The Bertz CT molecular complexity index is 713. The molecule has 9 nitrogen and oxygen atoms in total. The Morgan fingerprint density at radius 3 is 2.79 bits per heavy atom. The van der Waals surface area contributed by atoms with Gasteiger partial charge in [-0.25, -0.2) is 0 Å². The summed E-state index contributed by atoms with van der Waals surface area (Å²) in [6, 6.07) is 3.63. The maximum absolute atomic E-state index is 12.3. The minimum atomic E-state index is -0.285. The van der Waals surface area contributed by atoms with Gasteiger partial charge in [0.1, 0.15) is 0 Å². The number of nitrogens with two attached hydrogens (primary N) is 1. The van der Waals surface area contributed by atoms with E-state index in [4.69, 9.17) is 5.73 Å². The topological polar surface area (TPSA) is 120 Å². The van der Waals surface area contributed by atoms with Gasteiger partial charge in [-0.2, -0.15) is 4.68 Å². The largest absolute Gasteiger partial charge is 0.369 e. The van der Waals surface area contributed by atoms with Crippen LogP contribution < -0.4 is 5.73 Å². The molecule has 0 aromatic carbocycles. The fraction of sp³-hybridized carbons (Fsp3) is 0.429. The smallest absolute Gasteiger partial charge is 0.233 e. The van der Waals surface area contributed by atoms with Gasteiger partial charge in [-0.15, -0.1) is 5.10 Å². The van der Waals surface area contributed by atoms with Crippen molar-refractivity contribution >= 4 is 23.6 Å². The fourth-order valence-corrected chi connectivity index (χ4v) is 3.33. The maximum atomic E-state index is 12.3. The summed E-state index contributed by atoms with van der Waals surface area (Å²) in [5, 5.41) is 12.1. The van der Waals surface area contributed by atoms with Gasteiger partial charge < -0.3 is 10.6 Å². The minimum Gasteiger partial charge on any atom is -0.369 e. The first-order valence-corrected chi connectivity index (χ1v) is 8.52. The van der Waals surface area contributed by atoms with E-state index in [9.17, 15) is 9.59 Å². The zero-order chi connectivity index (χ0) is 16.9. The number of hydrogen-bond acceptors (Lipinski definition) is 7. The molecular formula is C14H17N7O2S. The molecule has 0 bridgehead atoms. The minimum absolute atomic E-state index is 0.00339. The van der Waals surface area contributed by atoms with E-state index in [0.717, 1.165) is 5.69 Å². The van der Waals surface area contributed by atoms with Crippen molar-refractivity contribution in [1.29, 1.82) is 0 Å². The van der Waals surface area contributed by atoms with Crippen LogP contribution in [0, 0.1) is 5.92 Å². The van der Waals surface area contributed by atoms with E-state index in [1.807, 2.05) is 6.07 Å². The van der Waals surface area contributed by atoms with Crippen molar-refractivity contribution in [2.75, 3.05) is 18.8 Å². The highest BCUT2D eigenvalue weighted by molar-refractivity contribution is 7.99. The third-order valence-corrected chi connectivity index (χ3v) is 4.81. The van der Waals surface area contributed by atoms with Gasteiger partial charge in [-0.3, -0.25) is 14.6 Å². The molecule has 0 spiro atoms. The highest BCUT2D eigenvalue weighted by Crippen LogP contribution is 2.21. The lowest BCUT2D eigenvalue weighted by molar-refractivity contribution is -0.132. The molecule has 10 heteroatoms. The molecule has 126 valence electrons. The first kappa shape index (κ1) is 16.4. The highest BCUT2D eigenvalue weighted by atomic mass is 32.2. The van der Waals surface area contributed by atoms with Crippen molar-refractivity contribution in [2.24, 2.45) is 11.7 Å². The highest BCUT2D eigenvalue weighted by Gasteiger charge is 2.26. The predicted octanol–water partition coefficient (Wildman–Crippen LogP) is -0.127. The van der Waals surface area contributed by atoms with Crippen LogP contribution in [0.25, 0.3) is 5.69 Å². The van der Waals surface area contributed by atoms with Crippen LogP contribution in [0.3, 0.4) is 0 Å². The number of pyridine rings is 1. The fourth-order valence-electron chi connectivity index (χ4n) is 2.54. The first-order valence-electron chi connectivity index (χ1n) is 7.54. The van der Waals surface area contributed by atoms with Crippen molar-refractivity contribution in [1.82, 2.24) is 30.1 Å². The molecule has 0 radical (unpaired) electrons. The number of carbonyl (C=O) groups is 2. The number of likely N-dealkylation sites (tertiary alicyclic amines) is 1. The predicted molar refractivity (Wildman–Crippen MR) is 86.2 cm³/mol. The number of nitrogens with zero attached hydrogens (tertiary/aromatic N) is 6.